The number of hydrogen-bond donors (Lipinski definition) is 1. The van der Waals surface area contributed by atoms with E-state index in [1.54, 1.807) is 0 Å². The van der Waals surface area contributed by atoms with Crippen molar-refractivity contribution in [2.75, 3.05) is 0 Å². The Morgan fingerprint density at radius 3 is 2.71 bits per heavy atom. The van der Waals surface area contributed by atoms with Crippen molar-refractivity contribution in [2.24, 2.45) is 0 Å². The fraction of sp³-hybridized carbons (Fsp3) is 0.143. The Balaban J connectivity index is 2.83. The number of rotatable bonds is 3. The van der Waals surface area contributed by atoms with Crippen LogP contribution in [0.1, 0.15) is 0 Å². The molecule has 0 aliphatic rings. The van der Waals surface area contributed by atoms with Gasteiger partial charge in [0.25, 0.3) is 0 Å². The summed E-state index contributed by atoms with van der Waals surface area (Å²) in [6.07, 6.45) is -1.91. The van der Waals surface area contributed by atoms with Crippen LogP contribution in [0.3, 0.4) is 0 Å². The molecule has 0 fully saturated rings. The lowest BCUT2D eigenvalue weighted by molar-refractivity contribution is -0.210. The van der Waals surface area contributed by atoms with Gasteiger partial charge in [-0.25, -0.2) is 4.79 Å². The molecule has 1 rings (SSSR count). The van der Waals surface area contributed by atoms with Gasteiger partial charge in [-0.05, 0) is 22.0 Å². The largest absolute Gasteiger partial charge is 0.501 e. The summed E-state index contributed by atoms with van der Waals surface area (Å²) in [6, 6.07) is 1.18. The summed E-state index contributed by atoms with van der Waals surface area (Å²) in [7, 11) is 0. The Hall–Kier alpha value is -1.24. The first-order chi connectivity index (χ1) is 6.42. The summed E-state index contributed by atoms with van der Waals surface area (Å²) in [4.78, 5) is 13.5. The summed E-state index contributed by atoms with van der Waals surface area (Å²) in [5.74, 6) is -2.68. The van der Waals surface area contributed by atoms with Crippen molar-refractivity contribution in [1.29, 1.82) is 0 Å². The number of pyridine rings is 1. The van der Waals surface area contributed by atoms with Crippen LogP contribution in [0.4, 0.5) is 8.78 Å². The van der Waals surface area contributed by atoms with E-state index in [-0.39, 0.29) is 5.75 Å². The van der Waals surface area contributed by atoms with Gasteiger partial charge in [-0.2, -0.15) is 8.78 Å². The van der Waals surface area contributed by atoms with Gasteiger partial charge in [0.2, 0.25) is 0 Å². The number of aliphatic carboxylic acids is 1. The molecule has 4 nitrogen and oxygen atoms in total. The number of carboxylic acid groups (broad SMARTS) is 1. The number of aromatic nitrogens is 1. The molecule has 1 N–H and O–H groups in total. The van der Waals surface area contributed by atoms with Crippen LogP contribution in [0.5, 0.6) is 5.75 Å². The third-order valence-electron chi connectivity index (χ3n) is 1.17. The second kappa shape index (κ2) is 3.87. The van der Waals surface area contributed by atoms with Crippen LogP contribution < -0.4 is 4.74 Å². The Morgan fingerprint density at radius 1 is 1.57 bits per heavy atom. The van der Waals surface area contributed by atoms with Crippen LogP contribution in [0.25, 0.3) is 0 Å². The number of halogens is 3. The monoisotopic (exact) mass is 267 g/mol. The zero-order valence-electron chi connectivity index (χ0n) is 6.58. The molecule has 1 aromatic heterocycles. The summed E-state index contributed by atoms with van der Waals surface area (Å²) >= 11 is 2.97. The minimum Gasteiger partial charge on any atom is -0.474 e. The number of carbonyl (C=O) groups is 1. The maximum atomic E-state index is 12.5. The molecule has 0 aromatic carbocycles. The van der Waals surface area contributed by atoms with E-state index in [4.69, 9.17) is 5.11 Å². The topological polar surface area (TPSA) is 59.4 Å². The van der Waals surface area contributed by atoms with Crippen LogP contribution in [0, 0.1) is 0 Å². The zero-order chi connectivity index (χ0) is 10.8. The minimum absolute atomic E-state index is 0.327. The maximum Gasteiger partial charge on any atom is 0.501 e. The van der Waals surface area contributed by atoms with Crippen molar-refractivity contribution in [1.82, 2.24) is 4.98 Å². The molecule has 0 spiro atoms. The van der Waals surface area contributed by atoms with Gasteiger partial charge in [0.05, 0.1) is 6.20 Å². The molecular weight excluding hydrogens is 264 g/mol. The first-order valence-corrected chi connectivity index (χ1v) is 4.12. The molecule has 0 saturated carbocycles. The fourth-order valence-corrected chi connectivity index (χ4v) is 0.984. The van der Waals surface area contributed by atoms with E-state index < -0.39 is 12.1 Å². The van der Waals surface area contributed by atoms with Gasteiger partial charge in [0.15, 0.2) is 0 Å². The van der Waals surface area contributed by atoms with Gasteiger partial charge < -0.3 is 9.84 Å². The molecule has 0 bridgehead atoms. The summed E-state index contributed by atoms with van der Waals surface area (Å²) in [6.45, 7) is 0. The molecule has 76 valence electrons. The minimum atomic E-state index is -4.25. The van der Waals surface area contributed by atoms with Gasteiger partial charge >= 0.3 is 12.1 Å². The van der Waals surface area contributed by atoms with E-state index in [9.17, 15) is 13.6 Å². The lowest BCUT2D eigenvalue weighted by atomic mass is 10.4. The predicted octanol–water partition coefficient (Wildman–Crippen LogP) is 1.90. The molecule has 7 heteroatoms. The van der Waals surface area contributed by atoms with Gasteiger partial charge in [0, 0.05) is 10.7 Å². The third kappa shape index (κ3) is 2.63. The van der Waals surface area contributed by atoms with E-state index >= 15 is 0 Å². The maximum absolute atomic E-state index is 12.5. The second-order valence-electron chi connectivity index (χ2n) is 2.26. The highest BCUT2D eigenvalue weighted by Crippen LogP contribution is 2.23. The Kier molecular flexibility index (Phi) is 3.00. The summed E-state index contributed by atoms with van der Waals surface area (Å²) in [5.41, 5.74) is 0. The Morgan fingerprint density at radius 2 is 2.21 bits per heavy atom. The predicted molar refractivity (Wildman–Crippen MR) is 45.1 cm³/mol. The molecule has 0 amide bonds. The SMILES string of the molecule is O=C(O)C(F)(F)Oc1cncc(Br)c1. The number of ether oxygens (including phenoxy) is 1. The van der Waals surface area contributed by atoms with E-state index in [0.29, 0.717) is 4.47 Å². The summed E-state index contributed by atoms with van der Waals surface area (Å²) < 4.78 is 29.3. The number of nitrogens with zero attached hydrogens (tertiary/aromatic N) is 1. The molecule has 1 aromatic rings. The van der Waals surface area contributed by atoms with Gasteiger partial charge in [-0.3, -0.25) is 4.98 Å². The number of hydrogen-bond acceptors (Lipinski definition) is 3. The van der Waals surface area contributed by atoms with Crippen LogP contribution in [-0.2, 0) is 4.79 Å². The Bertz CT molecular complexity index is 359. The first-order valence-electron chi connectivity index (χ1n) is 3.32. The van der Waals surface area contributed by atoms with Crippen LogP contribution in [0.15, 0.2) is 22.9 Å². The van der Waals surface area contributed by atoms with E-state index in [1.165, 1.54) is 12.3 Å². The quantitative estimate of drug-likeness (QED) is 0.909. The lowest BCUT2D eigenvalue weighted by Gasteiger charge is -2.12. The zero-order valence-corrected chi connectivity index (χ0v) is 8.16. The molecule has 0 radical (unpaired) electrons. The highest BCUT2D eigenvalue weighted by molar-refractivity contribution is 9.10. The van der Waals surface area contributed by atoms with Crippen molar-refractivity contribution in [3.8, 4) is 5.75 Å². The van der Waals surface area contributed by atoms with Crippen LogP contribution in [-0.4, -0.2) is 22.2 Å². The molecule has 0 saturated heterocycles. The first kappa shape index (κ1) is 10.8. The molecule has 1 heterocycles. The second-order valence-corrected chi connectivity index (χ2v) is 3.18. The Labute approximate surface area is 85.6 Å². The standard InChI is InChI=1S/C7H4BrF2NO3/c8-4-1-5(3-11-2-4)14-7(9,10)6(12)13/h1-3H,(H,12,13). The van der Waals surface area contributed by atoms with Crippen molar-refractivity contribution < 1.29 is 23.4 Å². The van der Waals surface area contributed by atoms with Crippen molar-refractivity contribution in [2.45, 2.75) is 6.11 Å². The molecule has 0 aliphatic carbocycles. The smallest absolute Gasteiger partial charge is 0.474 e. The van der Waals surface area contributed by atoms with E-state index in [1.807, 2.05) is 0 Å². The van der Waals surface area contributed by atoms with Crippen molar-refractivity contribution in [3.05, 3.63) is 22.9 Å². The third-order valence-corrected chi connectivity index (χ3v) is 1.61. The molecule has 0 unspecified atom stereocenters. The van der Waals surface area contributed by atoms with Crippen LogP contribution in [0.2, 0.25) is 0 Å². The van der Waals surface area contributed by atoms with Crippen molar-refractivity contribution in [3.63, 3.8) is 0 Å². The fourth-order valence-electron chi connectivity index (χ4n) is 0.640. The number of alkyl halides is 2. The molecule has 0 aliphatic heterocycles. The van der Waals surface area contributed by atoms with E-state index in [2.05, 4.69) is 25.7 Å². The van der Waals surface area contributed by atoms with Gasteiger partial charge in [0.1, 0.15) is 5.75 Å². The number of carboxylic acids is 1. The highest BCUT2D eigenvalue weighted by atomic mass is 79.9. The lowest BCUT2D eigenvalue weighted by Crippen LogP contribution is -2.34. The van der Waals surface area contributed by atoms with Crippen molar-refractivity contribution >= 4 is 21.9 Å². The molecule has 0 atom stereocenters. The summed E-state index contributed by atoms with van der Waals surface area (Å²) in [5, 5.41) is 8.06. The van der Waals surface area contributed by atoms with E-state index in [0.717, 1.165) is 6.20 Å². The van der Waals surface area contributed by atoms with Gasteiger partial charge in [-0.1, -0.05) is 0 Å². The van der Waals surface area contributed by atoms with Crippen LogP contribution >= 0.6 is 15.9 Å². The molecular formula is C7H4BrF2NO3. The normalized spacial score (nSPS) is 11.1. The van der Waals surface area contributed by atoms with Gasteiger partial charge in [-0.15, -0.1) is 0 Å². The molecule has 14 heavy (non-hydrogen) atoms. The highest BCUT2D eigenvalue weighted by Gasteiger charge is 2.42. The average molecular weight is 268 g/mol. The average Bonchev–Trinajstić information content (AvgIpc) is 2.02.